The van der Waals surface area contributed by atoms with E-state index in [1.807, 2.05) is 0 Å². The van der Waals surface area contributed by atoms with Crippen molar-refractivity contribution in [1.82, 2.24) is 4.98 Å². The van der Waals surface area contributed by atoms with Crippen LogP contribution < -0.4 is 10.6 Å². The number of nitrogens with one attached hydrogen (secondary N) is 2. The number of aliphatic carboxylic acids is 1. The van der Waals surface area contributed by atoms with Crippen LogP contribution in [-0.2, 0) is 20.8 Å². The quantitative estimate of drug-likeness (QED) is 0.449. The monoisotopic (exact) mass is 415 g/mol. The van der Waals surface area contributed by atoms with Crippen LogP contribution in [0.3, 0.4) is 0 Å². The normalized spacial score (nSPS) is 13.8. The van der Waals surface area contributed by atoms with Crippen molar-refractivity contribution in [2.24, 2.45) is 5.92 Å². The molecule has 1 aromatic carbocycles. The van der Waals surface area contributed by atoms with Crippen molar-refractivity contribution >= 4 is 45.7 Å². The molecule has 1 aliphatic rings. The minimum absolute atomic E-state index is 0.0127. The van der Waals surface area contributed by atoms with Crippen molar-refractivity contribution < 1.29 is 24.3 Å². The Bertz CT molecular complexity index is 934. The summed E-state index contributed by atoms with van der Waals surface area (Å²) in [6.07, 6.45) is 3.12. The van der Waals surface area contributed by atoms with E-state index in [1.54, 1.807) is 24.3 Å². The number of carboxylic acids is 1. The maximum Gasteiger partial charge on any atom is 0.309 e. The smallest absolute Gasteiger partial charge is 0.309 e. The second-order valence-corrected chi connectivity index (χ2v) is 7.74. The number of hydrogen-bond acceptors (Lipinski definition) is 6. The summed E-state index contributed by atoms with van der Waals surface area (Å²) >= 11 is 1.09. The molecular formula is C20H21N3O5S. The Hall–Kier alpha value is -3.07. The number of ketones is 1. The Morgan fingerprint density at radius 1 is 1.07 bits per heavy atom. The van der Waals surface area contributed by atoms with Gasteiger partial charge in [-0.1, -0.05) is 25.0 Å². The van der Waals surface area contributed by atoms with Crippen LogP contribution in [0, 0.1) is 5.92 Å². The van der Waals surface area contributed by atoms with Crippen LogP contribution in [0.5, 0.6) is 0 Å². The van der Waals surface area contributed by atoms with Crippen LogP contribution in [0.4, 0.5) is 10.8 Å². The summed E-state index contributed by atoms with van der Waals surface area (Å²) in [5.74, 6) is -2.12. The molecule has 0 aliphatic heterocycles. The summed E-state index contributed by atoms with van der Waals surface area (Å²) in [4.78, 5) is 51.7. The molecular weight excluding hydrogens is 394 g/mol. The number of carbonyl (C=O) groups excluding carboxylic acids is 3. The molecule has 0 unspecified atom stereocenters. The summed E-state index contributed by atoms with van der Waals surface area (Å²) in [6.45, 7) is 0. The second kappa shape index (κ2) is 9.42. The van der Waals surface area contributed by atoms with E-state index in [2.05, 4.69) is 15.6 Å². The van der Waals surface area contributed by atoms with Gasteiger partial charge in [0.1, 0.15) is 6.42 Å². The molecule has 29 heavy (non-hydrogen) atoms. The third-order valence-corrected chi connectivity index (χ3v) is 5.45. The van der Waals surface area contributed by atoms with Crippen molar-refractivity contribution in [2.75, 3.05) is 10.6 Å². The molecule has 8 nitrogen and oxygen atoms in total. The van der Waals surface area contributed by atoms with Crippen molar-refractivity contribution in [2.45, 2.75) is 38.5 Å². The van der Waals surface area contributed by atoms with Gasteiger partial charge in [-0.25, -0.2) is 4.98 Å². The van der Waals surface area contributed by atoms with Gasteiger partial charge in [0.25, 0.3) is 0 Å². The number of Topliss-reactive ketones (excluding diaryl/α,β-unsaturated/α-hetero) is 1. The number of rotatable bonds is 8. The number of aromatic nitrogens is 1. The van der Waals surface area contributed by atoms with E-state index in [4.69, 9.17) is 5.11 Å². The van der Waals surface area contributed by atoms with Gasteiger partial charge in [-0.15, -0.1) is 11.3 Å². The Morgan fingerprint density at radius 3 is 2.48 bits per heavy atom. The Balaban J connectivity index is 1.58. The van der Waals surface area contributed by atoms with E-state index in [0.29, 0.717) is 16.9 Å². The van der Waals surface area contributed by atoms with Gasteiger partial charge in [-0.05, 0) is 25.0 Å². The topological polar surface area (TPSA) is 125 Å². The Morgan fingerprint density at radius 2 is 1.76 bits per heavy atom. The zero-order valence-electron chi connectivity index (χ0n) is 15.6. The maximum atomic E-state index is 12.7. The molecule has 1 fully saturated rings. The van der Waals surface area contributed by atoms with Crippen LogP contribution >= 0.6 is 11.3 Å². The van der Waals surface area contributed by atoms with Gasteiger partial charge in [-0.2, -0.15) is 0 Å². The number of amides is 2. The molecule has 0 spiro atoms. The number of para-hydroxylation sites is 1. The molecule has 9 heteroatoms. The summed E-state index contributed by atoms with van der Waals surface area (Å²) in [6, 6.07) is 6.81. The summed E-state index contributed by atoms with van der Waals surface area (Å²) in [7, 11) is 0. The van der Waals surface area contributed by atoms with Crippen LogP contribution in [0.25, 0.3) is 0 Å². The minimum atomic E-state index is -1.02. The van der Waals surface area contributed by atoms with Crippen LogP contribution in [0.1, 0.15) is 48.2 Å². The number of carboxylic acid groups (broad SMARTS) is 1. The standard InChI is InChI=1S/C20H21N3O5S/c24-16(10-17(25)23-20-21-13(11-29-20)9-18(26)27)22-15-8-4-3-7-14(15)19(28)12-5-1-2-6-12/h3-4,7-8,11-12H,1-2,5-6,9-10H2,(H,22,24)(H,26,27)(H,21,23,25). The highest BCUT2D eigenvalue weighted by molar-refractivity contribution is 7.13. The van der Waals surface area contributed by atoms with Gasteiger partial charge >= 0.3 is 5.97 Å². The largest absolute Gasteiger partial charge is 0.481 e. The van der Waals surface area contributed by atoms with Gasteiger partial charge in [-0.3, -0.25) is 19.2 Å². The number of nitrogens with zero attached hydrogens (tertiary/aromatic N) is 1. The average molecular weight is 415 g/mol. The number of benzene rings is 1. The van der Waals surface area contributed by atoms with Gasteiger partial charge in [0, 0.05) is 16.9 Å². The highest BCUT2D eigenvalue weighted by atomic mass is 32.1. The zero-order valence-corrected chi connectivity index (χ0v) is 16.5. The predicted octanol–water partition coefficient (Wildman–Crippen LogP) is 3.11. The molecule has 152 valence electrons. The Labute approximate surface area is 171 Å². The Kier molecular flexibility index (Phi) is 6.71. The molecule has 3 N–H and O–H groups in total. The average Bonchev–Trinajstić information content (AvgIpc) is 3.33. The fourth-order valence-corrected chi connectivity index (χ4v) is 4.05. The summed E-state index contributed by atoms with van der Waals surface area (Å²) in [5.41, 5.74) is 1.20. The molecule has 0 saturated heterocycles. The molecule has 0 radical (unpaired) electrons. The molecule has 0 bridgehead atoms. The van der Waals surface area contributed by atoms with Gasteiger partial charge in [0.2, 0.25) is 11.8 Å². The first-order chi connectivity index (χ1) is 13.9. The lowest BCUT2D eigenvalue weighted by Crippen LogP contribution is -2.23. The zero-order chi connectivity index (χ0) is 20.8. The lowest BCUT2D eigenvalue weighted by atomic mass is 9.95. The second-order valence-electron chi connectivity index (χ2n) is 6.88. The van der Waals surface area contributed by atoms with Crippen molar-refractivity contribution in [3.8, 4) is 0 Å². The molecule has 0 atom stereocenters. The fraction of sp³-hybridized carbons (Fsp3) is 0.350. The van der Waals surface area contributed by atoms with E-state index >= 15 is 0 Å². The van der Waals surface area contributed by atoms with E-state index in [1.165, 1.54) is 5.38 Å². The van der Waals surface area contributed by atoms with Crippen LogP contribution in [-0.4, -0.2) is 33.7 Å². The maximum absolute atomic E-state index is 12.7. The fourth-order valence-electron chi connectivity index (χ4n) is 3.32. The van der Waals surface area contributed by atoms with E-state index in [9.17, 15) is 19.2 Å². The lowest BCUT2D eigenvalue weighted by molar-refractivity contribution is -0.136. The lowest BCUT2D eigenvalue weighted by Gasteiger charge is -2.13. The first-order valence-corrected chi connectivity index (χ1v) is 10.2. The molecule has 2 aromatic rings. The van der Waals surface area contributed by atoms with Gasteiger partial charge < -0.3 is 15.7 Å². The van der Waals surface area contributed by atoms with E-state index < -0.39 is 24.2 Å². The molecule has 1 saturated carbocycles. The number of anilines is 2. The number of carbonyl (C=O) groups is 4. The third kappa shape index (κ3) is 5.71. The summed E-state index contributed by atoms with van der Waals surface area (Å²) < 4.78 is 0. The molecule has 1 aromatic heterocycles. The highest BCUT2D eigenvalue weighted by Gasteiger charge is 2.26. The highest BCUT2D eigenvalue weighted by Crippen LogP contribution is 2.30. The SMILES string of the molecule is O=C(O)Cc1csc(NC(=O)CC(=O)Nc2ccccc2C(=O)C2CCCC2)n1. The van der Waals surface area contributed by atoms with Gasteiger partial charge in [0.05, 0.1) is 17.8 Å². The van der Waals surface area contributed by atoms with Crippen LogP contribution in [0.15, 0.2) is 29.6 Å². The number of hydrogen-bond donors (Lipinski definition) is 3. The minimum Gasteiger partial charge on any atom is -0.481 e. The third-order valence-electron chi connectivity index (χ3n) is 4.64. The molecule has 1 heterocycles. The molecule has 3 rings (SSSR count). The predicted molar refractivity (Wildman–Crippen MR) is 108 cm³/mol. The van der Waals surface area contributed by atoms with E-state index in [-0.39, 0.29) is 23.3 Å². The number of thiazole rings is 1. The van der Waals surface area contributed by atoms with E-state index in [0.717, 1.165) is 37.0 Å². The van der Waals surface area contributed by atoms with Crippen molar-refractivity contribution in [3.05, 3.63) is 40.9 Å². The van der Waals surface area contributed by atoms with Crippen molar-refractivity contribution in [1.29, 1.82) is 0 Å². The molecule has 2 amide bonds. The van der Waals surface area contributed by atoms with Crippen LogP contribution in [0.2, 0.25) is 0 Å². The first-order valence-electron chi connectivity index (χ1n) is 9.31. The first kappa shape index (κ1) is 20.7. The summed E-state index contributed by atoms with van der Waals surface area (Å²) in [5, 5.41) is 15.6. The van der Waals surface area contributed by atoms with Crippen molar-refractivity contribution in [3.63, 3.8) is 0 Å². The van der Waals surface area contributed by atoms with Gasteiger partial charge in [0.15, 0.2) is 10.9 Å². The molecule has 1 aliphatic carbocycles.